The molecule has 0 radical (unpaired) electrons. The Balaban J connectivity index is 2.07. The molecule has 0 fully saturated rings. The third-order valence-corrected chi connectivity index (χ3v) is 4.26. The van der Waals surface area contributed by atoms with E-state index >= 15 is 0 Å². The van der Waals surface area contributed by atoms with Crippen molar-refractivity contribution in [3.05, 3.63) is 71.3 Å². The van der Waals surface area contributed by atoms with Crippen molar-refractivity contribution in [3.63, 3.8) is 0 Å². The second kappa shape index (κ2) is 11.1. The number of aliphatic hydroxyl groups excluding tert-OH is 3. The van der Waals surface area contributed by atoms with Crippen molar-refractivity contribution in [2.24, 2.45) is 0 Å². The van der Waals surface area contributed by atoms with Crippen LogP contribution in [-0.2, 0) is 4.74 Å². The summed E-state index contributed by atoms with van der Waals surface area (Å²) in [5, 5.41) is 28.4. The number of hydrogen-bond donors (Lipinski definition) is 4. The van der Waals surface area contributed by atoms with Crippen molar-refractivity contribution in [1.29, 1.82) is 0 Å². The number of halogens is 2. The molecule has 27 heavy (non-hydrogen) atoms. The van der Waals surface area contributed by atoms with E-state index in [0.29, 0.717) is 30.8 Å². The maximum atomic E-state index is 13.2. The Kier molecular flexibility index (Phi) is 8.77. The van der Waals surface area contributed by atoms with Gasteiger partial charge in [-0.2, -0.15) is 0 Å². The van der Waals surface area contributed by atoms with Gasteiger partial charge in [0.1, 0.15) is 43.5 Å². The van der Waals surface area contributed by atoms with E-state index in [1.165, 1.54) is 24.3 Å². The molecular weight excluding hydrogens is 356 g/mol. The van der Waals surface area contributed by atoms with Crippen LogP contribution in [0.2, 0.25) is 0 Å². The van der Waals surface area contributed by atoms with Gasteiger partial charge in [-0.1, -0.05) is 24.3 Å². The number of aliphatic hydroxyl groups is 3. The van der Waals surface area contributed by atoms with Gasteiger partial charge in [-0.05, 0) is 35.4 Å². The highest BCUT2D eigenvalue weighted by Crippen LogP contribution is 2.26. The molecule has 148 valence electrons. The zero-order chi connectivity index (χ0) is 19.6. The lowest BCUT2D eigenvalue weighted by Gasteiger charge is -2.24. The third-order valence-electron chi connectivity index (χ3n) is 4.26. The summed E-state index contributed by atoms with van der Waals surface area (Å²) in [6, 6.07) is 11.6. The molecule has 5 nitrogen and oxygen atoms in total. The summed E-state index contributed by atoms with van der Waals surface area (Å²) in [7, 11) is 0. The van der Waals surface area contributed by atoms with Gasteiger partial charge in [0.25, 0.3) is 0 Å². The van der Waals surface area contributed by atoms with Crippen LogP contribution >= 0.6 is 0 Å². The summed E-state index contributed by atoms with van der Waals surface area (Å²) in [4.78, 5) is 0.858. The van der Waals surface area contributed by atoms with Crippen LogP contribution in [0.25, 0.3) is 0 Å². The number of quaternary nitrogens is 1. The van der Waals surface area contributed by atoms with Gasteiger partial charge >= 0.3 is 0 Å². The van der Waals surface area contributed by atoms with Crippen LogP contribution in [0.3, 0.4) is 0 Å². The largest absolute Gasteiger partial charge is 0.391 e. The lowest BCUT2D eigenvalue weighted by Crippen LogP contribution is -3.14. The maximum absolute atomic E-state index is 13.2. The van der Waals surface area contributed by atoms with Gasteiger partial charge in [0.2, 0.25) is 0 Å². The van der Waals surface area contributed by atoms with E-state index in [-0.39, 0.29) is 31.5 Å². The van der Waals surface area contributed by atoms with Crippen molar-refractivity contribution in [2.75, 3.05) is 39.5 Å². The molecule has 0 spiro atoms. The molecule has 0 aliphatic carbocycles. The van der Waals surface area contributed by atoms with Gasteiger partial charge in [-0.15, -0.1) is 0 Å². The smallest absolute Gasteiger partial charge is 0.126 e. The molecule has 4 N–H and O–H groups in total. The van der Waals surface area contributed by atoms with Crippen molar-refractivity contribution >= 4 is 0 Å². The SMILES string of the molecule is OCC[NH+](CCO)C[C@H](O)COC(c1ccc(F)cc1)c1ccc(F)cc1. The average molecular weight is 382 g/mol. The minimum absolute atomic E-state index is 0.000222. The summed E-state index contributed by atoms with van der Waals surface area (Å²) in [6.07, 6.45) is -1.40. The second-order valence-corrected chi connectivity index (χ2v) is 6.37. The molecule has 2 aromatic carbocycles. The number of rotatable bonds is 11. The fraction of sp³-hybridized carbons (Fsp3) is 0.400. The zero-order valence-corrected chi connectivity index (χ0v) is 15.0. The van der Waals surface area contributed by atoms with Gasteiger partial charge in [0.15, 0.2) is 0 Å². The summed E-state index contributed by atoms with van der Waals surface area (Å²) in [5.74, 6) is -0.743. The van der Waals surface area contributed by atoms with Crippen LogP contribution in [0.4, 0.5) is 8.78 Å². The first-order valence-electron chi connectivity index (χ1n) is 8.89. The Labute approximate surface area is 157 Å². The van der Waals surface area contributed by atoms with Gasteiger partial charge < -0.3 is 25.0 Å². The van der Waals surface area contributed by atoms with E-state index in [1.54, 1.807) is 24.3 Å². The second-order valence-electron chi connectivity index (χ2n) is 6.37. The van der Waals surface area contributed by atoms with Crippen LogP contribution < -0.4 is 4.90 Å². The minimum atomic E-state index is -0.818. The molecule has 2 rings (SSSR count). The Morgan fingerprint density at radius 1 is 0.815 bits per heavy atom. The standard InChI is InChI=1S/C20H25F2NO4/c21-17-5-1-15(2-6-17)20(16-3-7-18(22)8-4-16)27-14-19(26)13-23(9-11-24)10-12-25/h1-8,19-20,24-26H,9-14H2/p+1/t19-/m0/s1. The number of nitrogens with one attached hydrogen (secondary N) is 1. The molecule has 0 saturated carbocycles. The number of ether oxygens (including phenoxy) is 1. The van der Waals surface area contributed by atoms with Gasteiger partial charge in [0.05, 0.1) is 19.8 Å². The molecule has 0 aliphatic heterocycles. The normalized spacial score (nSPS) is 12.7. The van der Waals surface area contributed by atoms with E-state index in [1.807, 2.05) is 0 Å². The zero-order valence-electron chi connectivity index (χ0n) is 15.0. The predicted molar refractivity (Wildman–Crippen MR) is 96.3 cm³/mol. The maximum Gasteiger partial charge on any atom is 0.126 e. The van der Waals surface area contributed by atoms with Crippen LogP contribution in [0, 0.1) is 11.6 Å². The molecule has 0 saturated heterocycles. The molecule has 0 bridgehead atoms. The molecule has 0 aromatic heterocycles. The topological polar surface area (TPSA) is 74.4 Å². The van der Waals surface area contributed by atoms with Crippen LogP contribution in [0.5, 0.6) is 0 Å². The van der Waals surface area contributed by atoms with Crippen molar-refractivity contribution in [2.45, 2.75) is 12.2 Å². The monoisotopic (exact) mass is 382 g/mol. The lowest BCUT2D eigenvalue weighted by atomic mass is 10.0. The summed E-state index contributed by atoms with van der Waals surface area (Å²) >= 11 is 0. The van der Waals surface area contributed by atoms with Crippen LogP contribution in [0.1, 0.15) is 17.2 Å². The molecule has 0 heterocycles. The first-order chi connectivity index (χ1) is 13.0. The van der Waals surface area contributed by atoms with Gasteiger partial charge in [-0.3, -0.25) is 0 Å². The molecule has 2 aromatic rings. The van der Waals surface area contributed by atoms with Crippen molar-refractivity contribution < 1.29 is 33.7 Å². The van der Waals surface area contributed by atoms with Crippen molar-refractivity contribution in [3.8, 4) is 0 Å². The fourth-order valence-electron chi connectivity index (χ4n) is 2.90. The molecule has 0 unspecified atom stereocenters. The van der Waals surface area contributed by atoms with Gasteiger partial charge in [-0.25, -0.2) is 8.78 Å². The highest BCUT2D eigenvalue weighted by Gasteiger charge is 2.20. The highest BCUT2D eigenvalue weighted by atomic mass is 19.1. The van der Waals surface area contributed by atoms with E-state index in [4.69, 9.17) is 14.9 Å². The summed E-state index contributed by atoms with van der Waals surface area (Å²) in [6.45, 7) is 1.04. The third kappa shape index (κ3) is 6.97. The molecule has 1 atom stereocenters. The Morgan fingerprint density at radius 2 is 1.26 bits per heavy atom. The molecule has 7 heteroatoms. The molecule has 0 amide bonds. The Bertz CT molecular complexity index is 615. The van der Waals surface area contributed by atoms with Crippen LogP contribution in [-0.4, -0.2) is 60.9 Å². The first-order valence-corrected chi connectivity index (χ1v) is 8.89. The summed E-state index contributed by atoms with van der Waals surface area (Å²) < 4.78 is 32.3. The van der Waals surface area contributed by atoms with Gasteiger partial charge in [0, 0.05) is 0 Å². The number of hydrogen-bond acceptors (Lipinski definition) is 4. The lowest BCUT2D eigenvalue weighted by molar-refractivity contribution is -0.904. The Morgan fingerprint density at radius 3 is 1.67 bits per heavy atom. The first kappa shape index (κ1) is 21.4. The van der Waals surface area contributed by atoms with E-state index in [9.17, 15) is 13.9 Å². The quantitative estimate of drug-likeness (QED) is 0.451. The average Bonchev–Trinajstić information content (AvgIpc) is 2.65. The molecule has 0 aliphatic rings. The predicted octanol–water partition coefficient (Wildman–Crippen LogP) is 0.301. The minimum Gasteiger partial charge on any atom is -0.391 e. The van der Waals surface area contributed by atoms with Crippen molar-refractivity contribution in [1.82, 2.24) is 0 Å². The Hall–Kier alpha value is -1.90. The number of benzene rings is 2. The van der Waals surface area contributed by atoms with E-state index in [0.717, 1.165) is 4.90 Å². The van der Waals surface area contributed by atoms with E-state index in [2.05, 4.69) is 0 Å². The summed E-state index contributed by atoms with van der Waals surface area (Å²) in [5.41, 5.74) is 1.37. The van der Waals surface area contributed by atoms with E-state index < -0.39 is 12.2 Å². The van der Waals surface area contributed by atoms with Crippen LogP contribution in [0.15, 0.2) is 48.5 Å². The highest BCUT2D eigenvalue weighted by molar-refractivity contribution is 5.30. The fourth-order valence-corrected chi connectivity index (χ4v) is 2.90. The molecular formula is C20H26F2NO4+.